The molecule has 1 aromatic heterocycles. The number of fused-ring (bicyclic) bond motifs is 1. The van der Waals surface area contributed by atoms with Gasteiger partial charge in [-0.25, -0.2) is 9.59 Å². The summed E-state index contributed by atoms with van der Waals surface area (Å²) in [4.78, 5) is 23.8. The van der Waals surface area contributed by atoms with E-state index in [1.807, 2.05) is 19.9 Å². The molecule has 3 aromatic rings. The molecule has 0 N–H and O–H groups in total. The van der Waals surface area contributed by atoms with Gasteiger partial charge in [0.1, 0.15) is 12.2 Å². The second-order valence-electron chi connectivity index (χ2n) is 6.54. The number of hydrogen-bond acceptors (Lipinski definition) is 4. The van der Waals surface area contributed by atoms with Gasteiger partial charge in [0.05, 0.1) is 5.56 Å². The molecule has 3 rings (SSSR count). The second kappa shape index (κ2) is 7.95. The predicted molar refractivity (Wildman–Crippen MR) is 102 cm³/mol. The largest absolute Gasteiger partial charge is 0.458 e. The Hall–Kier alpha value is -3.35. The summed E-state index contributed by atoms with van der Waals surface area (Å²) in [5.74, 6) is -0.743. The lowest BCUT2D eigenvalue weighted by Gasteiger charge is -2.09. The van der Waals surface area contributed by atoms with Crippen LogP contribution in [0.4, 0.5) is 13.2 Å². The molecule has 0 aliphatic carbocycles. The van der Waals surface area contributed by atoms with Crippen LogP contribution in [0.5, 0.6) is 0 Å². The highest BCUT2D eigenvalue weighted by molar-refractivity contribution is 5.88. The summed E-state index contributed by atoms with van der Waals surface area (Å²) in [5, 5.41) is 0.655. The van der Waals surface area contributed by atoms with Crippen LogP contribution >= 0.6 is 0 Å². The van der Waals surface area contributed by atoms with E-state index in [0.29, 0.717) is 16.5 Å². The lowest BCUT2D eigenvalue weighted by Crippen LogP contribution is -2.06. The fourth-order valence-electron chi connectivity index (χ4n) is 2.82. The third kappa shape index (κ3) is 4.74. The topological polar surface area (TPSA) is 56.5 Å². The number of rotatable bonds is 4. The van der Waals surface area contributed by atoms with Crippen molar-refractivity contribution >= 4 is 23.0 Å². The number of alkyl halides is 3. The van der Waals surface area contributed by atoms with Crippen LogP contribution in [0.25, 0.3) is 17.0 Å². The van der Waals surface area contributed by atoms with Crippen molar-refractivity contribution in [2.24, 2.45) is 0 Å². The molecule has 0 saturated heterocycles. The average Bonchev–Trinajstić information content (AvgIpc) is 2.67. The summed E-state index contributed by atoms with van der Waals surface area (Å²) in [6, 6.07) is 9.49. The molecule has 29 heavy (non-hydrogen) atoms. The van der Waals surface area contributed by atoms with Crippen LogP contribution < -0.4 is 5.63 Å². The molecule has 4 nitrogen and oxygen atoms in total. The van der Waals surface area contributed by atoms with Gasteiger partial charge in [-0.2, -0.15) is 13.2 Å². The van der Waals surface area contributed by atoms with Crippen molar-refractivity contribution < 1.29 is 27.1 Å². The Morgan fingerprint density at radius 1 is 1.14 bits per heavy atom. The maximum Gasteiger partial charge on any atom is 0.416 e. The Morgan fingerprint density at radius 3 is 2.62 bits per heavy atom. The number of ether oxygens (including phenoxy) is 1. The standard InChI is InChI=1S/C22H17F3O4/c1-13-6-8-18-16(11-20(27)29-21(18)14(13)2)12-28-19(26)9-7-15-4-3-5-17(10-15)22(23,24)25/h3-11H,12H2,1-2H3/b9-7+. The number of hydrogen-bond donors (Lipinski definition) is 0. The van der Waals surface area contributed by atoms with Crippen LogP contribution in [0.1, 0.15) is 27.8 Å². The van der Waals surface area contributed by atoms with E-state index in [9.17, 15) is 22.8 Å². The van der Waals surface area contributed by atoms with Crippen molar-refractivity contribution in [3.05, 3.63) is 86.8 Å². The molecule has 0 radical (unpaired) electrons. The fraction of sp³-hybridized carbons (Fsp3) is 0.182. The molecular formula is C22H17F3O4. The van der Waals surface area contributed by atoms with E-state index in [1.165, 1.54) is 24.3 Å². The van der Waals surface area contributed by atoms with E-state index in [-0.39, 0.29) is 12.2 Å². The molecule has 150 valence electrons. The predicted octanol–water partition coefficient (Wildman–Crippen LogP) is 5.19. The molecule has 2 aromatic carbocycles. The fourth-order valence-corrected chi connectivity index (χ4v) is 2.82. The third-order valence-corrected chi connectivity index (χ3v) is 4.51. The molecule has 0 unspecified atom stereocenters. The SMILES string of the molecule is Cc1ccc2c(COC(=O)/C=C/c3cccc(C(F)(F)F)c3)cc(=O)oc2c1C. The van der Waals surface area contributed by atoms with Gasteiger partial charge in [0.15, 0.2) is 0 Å². The van der Waals surface area contributed by atoms with Crippen LogP contribution in [0.3, 0.4) is 0 Å². The number of carbonyl (C=O) groups is 1. The zero-order valence-corrected chi connectivity index (χ0v) is 15.7. The molecule has 0 fully saturated rings. The Kier molecular flexibility index (Phi) is 5.59. The first-order valence-corrected chi connectivity index (χ1v) is 8.70. The van der Waals surface area contributed by atoms with Gasteiger partial charge in [0.2, 0.25) is 0 Å². The van der Waals surface area contributed by atoms with E-state index in [4.69, 9.17) is 9.15 Å². The van der Waals surface area contributed by atoms with Crippen molar-refractivity contribution in [2.75, 3.05) is 0 Å². The van der Waals surface area contributed by atoms with E-state index < -0.39 is 23.3 Å². The second-order valence-corrected chi connectivity index (χ2v) is 6.54. The van der Waals surface area contributed by atoms with Crippen LogP contribution in [0.15, 0.2) is 57.8 Å². The van der Waals surface area contributed by atoms with Gasteiger partial charge in [0, 0.05) is 23.1 Å². The van der Waals surface area contributed by atoms with Crippen LogP contribution in [0.2, 0.25) is 0 Å². The summed E-state index contributed by atoms with van der Waals surface area (Å²) in [5.41, 5.74) is 1.55. The number of carbonyl (C=O) groups excluding carboxylic acids is 1. The molecule has 0 bridgehead atoms. The Morgan fingerprint density at radius 2 is 1.90 bits per heavy atom. The van der Waals surface area contributed by atoms with E-state index in [0.717, 1.165) is 29.3 Å². The zero-order valence-electron chi connectivity index (χ0n) is 15.7. The summed E-state index contributed by atoms with van der Waals surface area (Å²) >= 11 is 0. The molecule has 0 aliphatic heterocycles. The smallest absolute Gasteiger partial charge is 0.416 e. The molecular weight excluding hydrogens is 385 g/mol. The third-order valence-electron chi connectivity index (χ3n) is 4.51. The number of benzene rings is 2. The van der Waals surface area contributed by atoms with Gasteiger partial charge in [0.25, 0.3) is 0 Å². The normalized spacial score (nSPS) is 11.9. The zero-order chi connectivity index (χ0) is 21.2. The van der Waals surface area contributed by atoms with Crippen molar-refractivity contribution in [2.45, 2.75) is 26.6 Å². The van der Waals surface area contributed by atoms with Gasteiger partial charge in [-0.15, -0.1) is 0 Å². The minimum atomic E-state index is -4.46. The maximum absolute atomic E-state index is 12.7. The molecule has 1 heterocycles. The van der Waals surface area contributed by atoms with Crippen molar-refractivity contribution in [1.29, 1.82) is 0 Å². The number of aryl methyl sites for hydroxylation is 2. The Labute approximate surface area is 164 Å². The first-order valence-electron chi connectivity index (χ1n) is 8.70. The van der Waals surface area contributed by atoms with Gasteiger partial charge >= 0.3 is 17.8 Å². The summed E-state index contributed by atoms with van der Waals surface area (Å²) in [6.07, 6.45) is -2.18. The summed E-state index contributed by atoms with van der Waals surface area (Å²) in [6.45, 7) is 3.55. The number of esters is 1. The lowest BCUT2D eigenvalue weighted by molar-refractivity contribution is -0.139. The molecule has 0 amide bonds. The quantitative estimate of drug-likeness (QED) is 0.343. The average molecular weight is 402 g/mol. The van der Waals surface area contributed by atoms with Crippen LogP contribution in [0, 0.1) is 13.8 Å². The lowest BCUT2D eigenvalue weighted by atomic mass is 10.0. The molecule has 0 aliphatic rings. The van der Waals surface area contributed by atoms with Gasteiger partial charge in [-0.05, 0) is 48.7 Å². The van der Waals surface area contributed by atoms with Crippen molar-refractivity contribution in [3.8, 4) is 0 Å². The summed E-state index contributed by atoms with van der Waals surface area (Å²) in [7, 11) is 0. The molecule has 0 saturated carbocycles. The van der Waals surface area contributed by atoms with Gasteiger partial charge < -0.3 is 9.15 Å². The van der Waals surface area contributed by atoms with Crippen LogP contribution in [-0.4, -0.2) is 5.97 Å². The van der Waals surface area contributed by atoms with Crippen LogP contribution in [-0.2, 0) is 22.3 Å². The van der Waals surface area contributed by atoms with Crippen molar-refractivity contribution in [1.82, 2.24) is 0 Å². The first kappa shape index (κ1) is 20.4. The van der Waals surface area contributed by atoms with Gasteiger partial charge in [-0.1, -0.05) is 24.3 Å². The van der Waals surface area contributed by atoms with Crippen molar-refractivity contribution in [3.63, 3.8) is 0 Å². The highest BCUT2D eigenvalue weighted by Gasteiger charge is 2.30. The molecule has 0 spiro atoms. The first-order chi connectivity index (χ1) is 13.6. The van der Waals surface area contributed by atoms with E-state index in [2.05, 4.69) is 0 Å². The molecule has 0 atom stereocenters. The van der Waals surface area contributed by atoms with Gasteiger partial charge in [-0.3, -0.25) is 0 Å². The molecule has 7 heteroatoms. The Balaban J connectivity index is 1.76. The van der Waals surface area contributed by atoms with E-state index >= 15 is 0 Å². The highest BCUT2D eigenvalue weighted by atomic mass is 19.4. The highest BCUT2D eigenvalue weighted by Crippen LogP contribution is 2.29. The summed E-state index contributed by atoms with van der Waals surface area (Å²) < 4.78 is 48.6. The van der Waals surface area contributed by atoms with E-state index in [1.54, 1.807) is 6.07 Å². The maximum atomic E-state index is 12.7. The minimum absolute atomic E-state index is 0.170. The Bertz CT molecular complexity index is 1160. The monoisotopic (exact) mass is 402 g/mol. The minimum Gasteiger partial charge on any atom is -0.458 e. The number of halogens is 3.